The molecular formula is C17H21NO6S2. The van der Waals surface area contributed by atoms with E-state index in [1.807, 2.05) is 12.1 Å². The van der Waals surface area contributed by atoms with Crippen molar-refractivity contribution < 1.29 is 27.0 Å². The van der Waals surface area contributed by atoms with Gasteiger partial charge in [-0.05, 0) is 29.3 Å². The molecule has 1 saturated heterocycles. The van der Waals surface area contributed by atoms with Crippen molar-refractivity contribution in [2.24, 2.45) is 0 Å². The van der Waals surface area contributed by atoms with Crippen LogP contribution in [0.3, 0.4) is 0 Å². The Kier molecular flexibility index (Phi) is 5.36. The molecular weight excluding hydrogens is 378 g/mol. The molecule has 0 radical (unpaired) electrons. The number of hydrogen-bond acceptors (Lipinski definition) is 6. The monoisotopic (exact) mass is 399 g/mol. The lowest BCUT2D eigenvalue weighted by Crippen LogP contribution is -2.46. The van der Waals surface area contributed by atoms with Gasteiger partial charge in [-0.15, -0.1) is 0 Å². The van der Waals surface area contributed by atoms with Crippen LogP contribution in [0.1, 0.15) is 6.42 Å². The summed E-state index contributed by atoms with van der Waals surface area (Å²) in [6.45, 7) is -0.963. The summed E-state index contributed by atoms with van der Waals surface area (Å²) in [4.78, 5) is 0.0330. The third-order valence-electron chi connectivity index (χ3n) is 4.54. The van der Waals surface area contributed by atoms with Crippen LogP contribution in [-0.2, 0) is 19.9 Å². The van der Waals surface area contributed by atoms with Crippen molar-refractivity contribution in [2.45, 2.75) is 23.5 Å². The van der Waals surface area contributed by atoms with Gasteiger partial charge in [0.25, 0.3) is 0 Å². The van der Waals surface area contributed by atoms with E-state index in [4.69, 9.17) is 5.11 Å². The molecule has 0 spiro atoms. The van der Waals surface area contributed by atoms with Crippen LogP contribution in [0, 0.1) is 0 Å². The maximum Gasteiger partial charge on any atom is 0.243 e. The van der Waals surface area contributed by atoms with Gasteiger partial charge in [-0.1, -0.05) is 30.3 Å². The Morgan fingerprint density at radius 2 is 1.85 bits per heavy atom. The highest BCUT2D eigenvalue weighted by Crippen LogP contribution is 2.27. The van der Waals surface area contributed by atoms with Crippen molar-refractivity contribution >= 4 is 30.6 Å². The highest BCUT2D eigenvalue weighted by Gasteiger charge is 2.39. The van der Waals surface area contributed by atoms with Gasteiger partial charge in [0.1, 0.15) is 0 Å². The van der Waals surface area contributed by atoms with Gasteiger partial charge in [-0.3, -0.25) is 0 Å². The van der Waals surface area contributed by atoms with Crippen molar-refractivity contribution in [3.05, 3.63) is 42.5 Å². The number of fused-ring (bicyclic) bond motifs is 1. The fourth-order valence-electron chi connectivity index (χ4n) is 3.17. The maximum atomic E-state index is 13.2. The van der Waals surface area contributed by atoms with Gasteiger partial charge in [0.05, 0.1) is 29.1 Å². The maximum absolute atomic E-state index is 13.2. The number of benzene rings is 2. The molecule has 26 heavy (non-hydrogen) atoms. The Hall–Kier alpha value is -1.52. The first-order valence-electron chi connectivity index (χ1n) is 8.23. The van der Waals surface area contributed by atoms with Gasteiger partial charge in [-0.25, -0.2) is 16.8 Å². The zero-order valence-electron chi connectivity index (χ0n) is 14.0. The van der Waals surface area contributed by atoms with Crippen molar-refractivity contribution in [3.8, 4) is 0 Å². The first-order chi connectivity index (χ1) is 12.2. The Morgan fingerprint density at radius 3 is 2.46 bits per heavy atom. The molecule has 0 saturated carbocycles. The lowest BCUT2D eigenvalue weighted by Gasteiger charge is -2.29. The van der Waals surface area contributed by atoms with E-state index >= 15 is 0 Å². The first-order valence-corrected chi connectivity index (χ1v) is 11.5. The predicted octanol–water partition coefficient (Wildman–Crippen LogP) is 0.371. The molecule has 2 atom stereocenters. The highest BCUT2D eigenvalue weighted by molar-refractivity contribution is 7.92. The summed E-state index contributed by atoms with van der Waals surface area (Å²) in [5.41, 5.74) is 0. The summed E-state index contributed by atoms with van der Waals surface area (Å²) in [7, 11) is -7.34. The van der Waals surface area contributed by atoms with Crippen LogP contribution in [0.4, 0.5) is 0 Å². The second kappa shape index (κ2) is 7.24. The zero-order chi connectivity index (χ0) is 18.9. The van der Waals surface area contributed by atoms with Gasteiger partial charge < -0.3 is 10.2 Å². The van der Waals surface area contributed by atoms with Crippen molar-refractivity contribution in [2.75, 3.05) is 24.7 Å². The highest BCUT2D eigenvalue weighted by atomic mass is 32.2. The Morgan fingerprint density at radius 1 is 1.15 bits per heavy atom. The van der Waals surface area contributed by atoms with Crippen LogP contribution in [0.15, 0.2) is 47.4 Å². The molecule has 0 unspecified atom stereocenters. The van der Waals surface area contributed by atoms with Crippen molar-refractivity contribution in [3.63, 3.8) is 0 Å². The van der Waals surface area contributed by atoms with Crippen molar-refractivity contribution in [1.82, 2.24) is 4.31 Å². The van der Waals surface area contributed by atoms with E-state index in [9.17, 15) is 21.9 Å². The SMILES string of the molecule is O=S1(=O)CC[C@@H](N(C[C@H](O)CO)S(=O)(=O)c2ccc3ccccc3c2)C1. The van der Waals surface area contributed by atoms with Crippen molar-refractivity contribution in [1.29, 1.82) is 0 Å². The van der Waals surface area contributed by atoms with E-state index in [-0.39, 0.29) is 29.4 Å². The molecule has 3 rings (SSSR count). The van der Waals surface area contributed by atoms with Gasteiger partial charge >= 0.3 is 0 Å². The van der Waals surface area contributed by atoms with Crippen LogP contribution in [-0.4, -0.2) is 68.2 Å². The van der Waals surface area contributed by atoms with Crippen LogP contribution >= 0.6 is 0 Å². The largest absolute Gasteiger partial charge is 0.394 e. The Balaban J connectivity index is 2.02. The smallest absolute Gasteiger partial charge is 0.243 e. The molecule has 9 heteroatoms. The molecule has 1 fully saturated rings. The van der Waals surface area contributed by atoms with E-state index in [2.05, 4.69) is 0 Å². The van der Waals surface area contributed by atoms with Gasteiger partial charge in [0.2, 0.25) is 10.0 Å². The van der Waals surface area contributed by atoms with Gasteiger partial charge in [0.15, 0.2) is 9.84 Å². The van der Waals surface area contributed by atoms with E-state index < -0.39 is 38.6 Å². The van der Waals surface area contributed by atoms with E-state index in [0.717, 1.165) is 15.1 Å². The molecule has 0 aliphatic carbocycles. The Labute approximate surface area is 152 Å². The number of nitrogens with zero attached hydrogens (tertiary/aromatic N) is 1. The molecule has 0 amide bonds. The van der Waals surface area contributed by atoms with E-state index in [1.54, 1.807) is 18.2 Å². The summed E-state index contributed by atoms with van der Waals surface area (Å²) in [6, 6.07) is 11.3. The fourth-order valence-corrected chi connectivity index (χ4v) is 6.73. The molecule has 1 heterocycles. The lowest BCUT2D eigenvalue weighted by atomic mass is 10.1. The topological polar surface area (TPSA) is 112 Å². The molecule has 1 aliphatic rings. The number of aliphatic hydroxyl groups is 2. The van der Waals surface area contributed by atoms with E-state index in [0.29, 0.717) is 0 Å². The number of rotatable bonds is 6. The number of hydrogen-bond donors (Lipinski definition) is 2. The molecule has 0 aromatic heterocycles. The summed E-state index contributed by atoms with van der Waals surface area (Å²) in [6.07, 6.45) is -1.11. The normalized spacial score (nSPS) is 21.3. The minimum Gasteiger partial charge on any atom is -0.394 e. The van der Waals surface area contributed by atoms with Crippen LogP contribution < -0.4 is 0 Å². The number of sulfone groups is 1. The lowest BCUT2D eigenvalue weighted by molar-refractivity contribution is 0.0730. The van der Waals surface area contributed by atoms with Gasteiger partial charge in [0, 0.05) is 12.6 Å². The minimum atomic E-state index is -4.03. The molecule has 142 valence electrons. The summed E-state index contributed by atoms with van der Waals surface area (Å²) in [5.74, 6) is -0.366. The average Bonchev–Trinajstić information content (AvgIpc) is 2.98. The van der Waals surface area contributed by atoms with Crippen LogP contribution in [0.5, 0.6) is 0 Å². The first kappa shape index (κ1) is 19.2. The third-order valence-corrected chi connectivity index (χ3v) is 8.21. The number of sulfonamides is 1. The molecule has 2 aromatic carbocycles. The summed E-state index contributed by atoms with van der Waals surface area (Å²) < 4.78 is 51.0. The second-order valence-electron chi connectivity index (χ2n) is 6.48. The van der Waals surface area contributed by atoms with Crippen LogP contribution in [0.2, 0.25) is 0 Å². The third kappa shape index (κ3) is 3.91. The average molecular weight is 399 g/mol. The van der Waals surface area contributed by atoms with Gasteiger partial charge in [-0.2, -0.15) is 4.31 Å². The number of aliphatic hydroxyl groups excluding tert-OH is 2. The minimum absolute atomic E-state index is 0.0330. The molecule has 7 nitrogen and oxygen atoms in total. The van der Waals surface area contributed by atoms with Crippen LogP contribution in [0.25, 0.3) is 10.8 Å². The molecule has 0 bridgehead atoms. The standard InChI is InChI=1S/C17H21NO6S2/c19-11-16(20)10-18(15-7-8-25(21,22)12-15)26(23,24)17-6-5-13-3-1-2-4-14(13)9-17/h1-6,9,15-16,19-20H,7-8,10-12H2/t15-,16+/m1/s1. The molecule has 2 aromatic rings. The summed E-state index contributed by atoms with van der Waals surface area (Å²) >= 11 is 0. The fraction of sp³-hybridized carbons (Fsp3) is 0.412. The summed E-state index contributed by atoms with van der Waals surface area (Å²) in [5, 5.41) is 20.5. The zero-order valence-corrected chi connectivity index (χ0v) is 15.7. The predicted molar refractivity (Wildman–Crippen MR) is 98.0 cm³/mol. The second-order valence-corrected chi connectivity index (χ2v) is 10.6. The Bertz CT molecular complexity index is 1000. The molecule has 1 aliphatic heterocycles. The quantitative estimate of drug-likeness (QED) is 0.726. The molecule has 2 N–H and O–H groups in total. The van der Waals surface area contributed by atoms with E-state index in [1.165, 1.54) is 12.1 Å².